The van der Waals surface area contributed by atoms with Crippen molar-refractivity contribution in [2.45, 2.75) is 38.1 Å². The van der Waals surface area contributed by atoms with Gasteiger partial charge in [0, 0.05) is 17.8 Å². The lowest BCUT2D eigenvalue weighted by atomic mass is 9.85. The first kappa shape index (κ1) is 15.6. The lowest BCUT2D eigenvalue weighted by Crippen LogP contribution is -2.28. The van der Waals surface area contributed by atoms with Crippen LogP contribution in [0, 0.1) is 0 Å². The van der Waals surface area contributed by atoms with Crippen molar-refractivity contribution in [3.05, 3.63) is 34.0 Å². The van der Waals surface area contributed by atoms with E-state index in [2.05, 4.69) is 14.9 Å². The van der Waals surface area contributed by atoms with Gasteiger partial charge in [0.25, 0.3) is 0 Å². The molecule has 1 aliphatic carbocycles. The van der Waals surface area contributed by atoms with Gasteiger partial charge < -0.3 is 4.57 Å². The first-order chi connectivity index (χ1) is 10.6. The summed E-state index contributed by atoms with van der Waals surface area (Å²) in [6.07, 6.45) is 4.08. The van der Waals surface area contributed by atoms with Crippen molar-refractivity contribution >= 4 is 21.4 Å². The Balaban J connectivity index is 1.56. The highest BCUT2D eigenvalue weighted by Gasteiger charge is 2.25. The molecule has 0 unspecified atom stereocenters. The van der Waals surface area contributed by atoms with Crippen LogP contribution in [-0.4, -0.2) is 28.9 Å². The van der Waals surface area contributed by atoms with Crippen molar-refractivity contribution in [3.8, 4) is 0 Å². The van der Waals surface area contributed by atoms with Crippen molar-refractivity contribution in [1.82, 2.24) is 19.5 Å². The maximum atomic E-state index is 12.1. The van der Waals surface area contributed by atoms with Crippen LogP contribution in [-0.2, 0) is 30.0 Å². The van der Waals surface area contributed by atoms with Crippen LogP contribution in [0.4, 0.5) is 0 Å². The zero-order chi connectivity index (χ0) is 15.6. The molecule has 2 aromatic rings. The van der Waals surface area contributed by atoms with Crippen molar-refractivity contribution in [2.75, 3.05) is 5.75 Å². The van der Waals surface area contributed by atoms with Gasteiger partial charge >= 0.3 is 0 Å². The van der Waals surface area contributed by atoms with E-state index < -0.39 is 10.0 Å². The first-order valence-electron chi connectivity index (χ1n) is 7.43. The van der Waals surface area contributed by atoms with Crippen LogP contribution in [0.2, 0.25) is 0 Å². The van der Waals surface area contributed by atoms with Gasteiger partial charge in [0.15, 0.2) is 0 Å². The number of rotatable bonds is 7. The molecule has 0 atom stereocenters. The topological polar surface area (TPSA) is 76.9 Å². The van der Waals surface area contributed by atoms with E-state index in [1.807, 2.05) is 29.1 Å². The number of aryl methyl sites for hydroxylation is 1. The monoisotopic (exact) mass is 340 g/mol. The molecule has 0 aromatic carbocycles. The van der Waals surface area contributed by atoms with Crippen LogP contribution in [0.1, 0.15) is 41.7 Å². The zero-order valence-corrected chi connectivity index (χ0v) is 14.2. The maximum Gasteiger partial charge on any atom is 0.212 e. The smallest absolute Gasteiger partial charge is 0.212 e. The summed E-state index contributed by atoms with van der Waals surface area (Å²) in [5.41, 5.74) is 0. The predicted molar refractivity (Wildman–Crippen MR) is 86.2 cm³/mol. The second-order valence-corrected chi connectivity index (χ2v) is 8.59. The molecule has 3 rings (SSSR count). The summed E-state index contributed by atoms with van der Waals surface area (Å²) in [5.74, 6) is 2.23. The third kappa shape index (κ3) is 3.56. The van der Waals surface area contributed by atoms with Crippen molar-refractivity contribution in [2.24, 2.45) is 7.05 Å². The molecule has 0 bridgehead atoms. The van der Waals surface area contributed by atoms with E-state index in [9.17, 15) is 8.42 Å². The molecule has 1 saturated carbocycles. The van der Waals surface area contributed by atoms with Gasteiger partial charge in [0.2, 0.25) is 10.0 Å². The van der Waals surface area contributed by atoms with E-state index in [1.54, 1.807) is 11.3 Å². The SMILES string of the molecule is Cn1c(CNS(=O)(=O)CCc2cccs2)nnc1C1CCC1. The molecule has 120 valence electrons. The summed E-state index contributed by atoms with van der Waals surface area (Å²) >= 11 is 1.58. The fourth-order valence-electron chi connectivity index (χ4n) is 2.49. The van der Waals surface area contributed by atoms with E-state index in [1.165, 1.54) is 6.42 Å². The molecule has 0 aliphatic heterocycles. The highest BCUT2D eigenvalue weighted by molar-refractivity contribution is 7.89. The van der Waals surface area contributed by atoms with E-state index >= 15 is 0 Å². The lowest BCUT2D eigenvalue weighted by Gasteiger charge is -2.24. The quantitative estimate of drug-likeness (QED) is 0.834. The van der Waals surface area contributed by atoms with Gasteiger partial charge in [-0.2, -0.15) is 0 Å². The Kier molecular flexibility index (Phi) is 4.60. The van der Waals surface area contributed by atoms with Gasteiger partial charge in [-0.15, -0.1) is 21.5 Å². The Hall–Kier alpha value is -1.25. The molecule has 0 radical (unpaired) electrons. The highest BCUT2D eigenvalue weighted by Crippen LogP contribution is 2.35. The molecule has 0 amide bonds. The summed E-state index contributed by atoms with van der Waals surface area (Å²) in [7, 11) is -1.39. The fraction of sp³-hybridized carbons (Fsp3) is 0.571. The summed E-state index contributed by atoms with van der Waals surface area (Å²) in [6, 6.07) is 3.88. The van der Waals surface area contributed by atoms with Crippen LogP contribution in [0.5, 0.6) is 0 Å². The minimum atomic E-state index is -3.30. The highest BCUT2D eigenvalue weighted by atomic mass is 32.2. The first-order valence-corrected chi connectivity index (χ1v) is 9.96. The summed E-state index contributed by atoms with van der Waals surface area (Å²) in [4.78, 5) is 1.08. The minimum Gasteiger partial charge on any atom is -0.317 e. The number of hydrogen-bond acceptors (Lipinski definition) is 5. The van der Waals surface area contributed by atoms with Crippen molar-refractivity contribution in [3.63, 3.8) is 0 Å². The summed E-state index contributed by atoms with van der Waals surface area (Å²) in [5, 5.41) is 10.3. The molecule has 0 spiro atoms. The second kappa shape index (κ2) is 6.47. The van der Waals surface area contributed by atoms with E-state index in [4.69, 9.17) is 0 Å². The van der Waals surface area contributed by atoms with Crippen LogP contribution in [0.15, 0.2) is 17.5 Å². The molecule has 2 heterocycles. The number of nitrogens with zero attached hydrogens (tertiary/aromatic N) is 3. The third-order valence-corrected chi connectivity index (χ3v) is 6.38. The third-order valence-electron chi connectivity index (χ3n) is 4.12. The van der Waals surface area contributed by atoms with Gasteiger partial charge in [-0.1, -0.05) is 12.5 Å². The molecule has 1 N–H and O–H groups in total. The van der Waals surface area contributed by atoms with Gasteiger partial charge in [-0.3, -0.25) is 0 Å². The van der Waals surface area contributed by atoms with Gasteiger partial charge in [0.1, 0.15) is 11.6 Å². The van der Waals surface area contributed by atoms with Crippen LogP contribution in [0.3, 0.4) is 0 Å². The molecule has 2 aromatic heterocycles. The maximum absolute atomic E-state index is 12.1. The molecule has 0 saturated heterocycles. The second-order valence-electron chi connectivity index (χ2n) is 5.63. The Morgan fingerprint density at radius 3 is 2.86 bits per heavy atom. The van der Waals surface area contributed by atoms with Crippen LogP contribution in [0.25, 0.3) is 0 Å². The van der Waals surface area contributed by atoms with Gasteiger partial charge in [-0.05, 0) is 30.7 Å². The largest absolute Gasteiger partial charge is 0.317 e. The molecular formula is C14H20N4O2S2. The summed E-state index contributed by atoms with van der Waals surface area (Å²) in [6.45, 7) is 0.197. The zero-order valence-electron chi connectivity index (χ0n) is 12.5. The van der Waals surface area contributed by atoms with Gasteiger partial charge in [0.05, 0.1) is 12.3 Å². The predicted octanol–water partition coefficient (Wildman–Crippen LogP) is 1.81. The molecule has 6 nitrogen and oxygen atoms in total. The molecule has 8 heteroatoms. The number of sulfonamides is 1. The fourth-order valence-corrected chi connectivity index (χ4v) is 4.31. The minimum absolute atomic E-state index is 0.0981. The van der Waals surface area contributed by atoms with Crippen molar-refractivity contribution < 1.29 is 8.42 Å². The van der Waals surface area contributed by atoms with Crippen molar-refractivity contribution in [1.29, 1.82) is 0 Å². The van der Waals surface area contributed by atoms with E-state index in [0.717, 1.165) is 23.5 Å². The molecular weight excluding hydrogens is 320 g/mol. The number of nitrogens with one attached hydrogen (secondary N) is 1. The Bertz CT molecular complexity index is 718. The average molecular weight is 340 g/mol. The molecule has 1 aliphatic rings. The van der Waals surface area contributed by atoms with E-state index in [-0.39, 0.29) is 12.3 Å². The standard InChI is InChI=1S/C14H20N4O2S2/c1-18-13(16-17-14(18)11-4-2-5-11)10-15-22(19,20)9-7-12-6-3-8-21-12/h3,6,8,11,15H,2,4-5,7,9-10H2,1H3. The normalized spacial score (nSPS) is 15.9. The number of aromatic nitrogens is 3. The van der Waals surface area contributed by atoms with Crippen LogP contribution < -0.4 is 4.72 Å². The lowest BCUT2D eigenvalue weighted by molar-refractivity contribution is 0.391. The van der Waals surface area contributed by atoms with E-state index in [0.29, 0.717) is 18.2 Å². The van der Waals surface area contributed by atoms with Crippen LogP contribution >= 0.6 is 11.3 Å². The molecule has 1 fully saturated rings. The Morgan fingerprint density at radius 2 is 2.23 bits per heavy atom. The Labute approximate surface area is 134 Å². The number of thiophene rings is 1. The number of hydrogen-bond donors (Lipinski definition) is 1. The Morgan fingerprint density at radius 1 is 1.41 bits per heavy atom. The average Bonchev–Trinajstić information content (AvgIpc) is 3.05. The summed E-state index contributed by atoms with van der Waals surface area (Å²) < 4.78 is 28.7. The van der Waals surface area contributed by atoms with Gasteiger partial charge in [-0.25, -0.2) is 13.1 Å². The molecule has 22 heavy (non-hydrogen) atoms.